The second kappa shape index (κ2) is 4.71. The number of rotatable bonds is 1. The Labute approximate surface area is 126 Å². The van der Waals surface area contributed by atoms with E-state index in [0.717, 1.165) is 0 Å². The normalized spacial score (nSPS) is 11.2. The van der Waals surface area contributed by atoms with Crippen LogP contribution in [0.2, 0.25) is 5.02 Å². The van der Waals surface area contributed by atoms with Gasteiger partial charge in [-0.1, -0.05) is 11.6 Å². The second-order valence-corrected chi connectivity index (χ2v) is 5.42. The summed E-state index contributed by atoms with van der Waals surface area (Å²) in [6.45, 7) is 0. The average molecular weight is 359 g/mol. The molecular formula is C13H7BrClF2N3. The first-order chi connectivity index (χ1) is 9.47. The van der Waals surface area contributed by atoms with E-state index in [1.165, 1.54) is 18.2 Å². The number of nitrogens with zero attached hydrogens (tertiary/aromatic N) is 2. The van der Waals surface area contributed by atoms with Crippen LogP contribution in [0, 0.1) is 11.6 Å². The van der Waals surface area contributed by atoms with Crippen LogP contribution >= 0.6 is 27.5 Å². The third-order valence-electron chi connectivity index (χ3n) is 2.88. The van der Waals surface area contributed by atoms with E-state index in [1.54, 1.807) is 16.7 Å². The molecule has 1 aromatic heterocycles. The van der Waals surface area contributed by atoms with Crippen molar-refractivity contribution >= 4 is 44.5 Å². The Kier molecular flexibility index (Phi) is 3.14. The average Bonchev–Trinajstić information content (AvgIpc) is 2.69. The van der Waals surface area contributed by atoms with E-state index in [4.69, 9.17) is 17.3 Å². The number of nitrogen functional groups attached to an aromatic ring is 1. The minimum atomic E-state index is -0.566. The number of hydrogen-bond acceptors (Lipinski definition) is 2. The lowest BCUT2D eigenvalue weighted by atomic mass is 10.2. The molecule has 3 rings (SSSR count). The molecule has 2 N–H and O–H groups in total. The van der Waals surface area contributed by atoms with Crippen LogP contribution < -0.4 is 5.73 Å². The summed E-state index contributed by atoms with van der Waals surface area (Å²) in [7, 11) is 0. The second-order valence-electron chi connectivity index (χ2n) is 4.16. The number of nitrogens with two attached hydrogens (primary N) is 1. The number of imidazole rings is 1. The Morgan fingerprint density at radius 3 is 2.60 bits per heavy atom. The highest BCUT2D eigenvalue weighted by Crippen LogP contribution is 2.29. The van der Waals surface area contributed by atoms with Gasteiger partial charge in [0.05, 0.1) is 26.2 Å². The SMILES string of the molecule is Nc1nc2cc(F)c(Cl)cc2n1-c1ccc(F)c(Br)c1. The van der Waals surface area contributed by atoms with Crippen LogP contribution in [0.5, 0.6) is 0 Å². The molecule has 1 heterocycles. The number of fused-ring (bicyclic) bond motifs is 1. The summed E-state index contributed by atoms with van der Waals surface area (Å²) in [5.74, 6) is -0.787. The monoisotopic (exact) mass is 357 g/mol. The molecule has 7 heteroatoms. The standard InChI is InChI=1S/C13H7BrClF2N3/c14-7-3-6(1-2-9(7)16)20-12-4-8(15)10(17)5-11(12)19-13(20)18/h1-5H,(H2,18,19). The molecule has 20 heavy (non-hydrogen) atoms. The summed E-state index contributed by atoms with van der Waals surface area (Å²) in [5.41, 5.74) is 7.38. The zero-order chi connectivity index (χ0) is 14.4. The van der Waals surface area contributed by atoms with Crippen molar-refractivity contribution in [3.63, 3.8) is 0 Å². The van der Waals surface area contributed by atoms with Crippen molar-refractivity contribution in [3.8, 4) is 5.69 Å². The topological polar surface area (TPSA) is 43.8 Å². The summed E-state index contributed by atoms with van der Waals surface area (Å²) < 4.78 is 28.6. The van der Waals surface area contributed by atoms with E-state index >= 15 is 0 Å². The lowest BCUT2D eigenvalue weighted by Gasteiger charge is -2.07. The van der Waals surface area contributed by atoms with Crippen molar-refractivity contribution in [2.45, 2.75) is 0 Å². The van der Waals surface area contributed by atoms with Crippen molar-refractivity contribution in [1.29, 1.82) is 0 Å². The zero-order valence-corrected chi connectivity index (χ0v) is 12.2. The first-order valence-electron chi connectivity index (χ1n) is 5.56. The molecule has 0 aliphatic heterocycles. The lowest BCUT2D eigenvalue weighted by Crippen LogP contribution is -2.01. The molecule has 0 unspecified atom stereocenters. The highest BCUT2D eigenvalue weighted by atomic mass is 79.9. The minimum Gasteiger partial charge on any atom is -0.369 e. The van der Waals surface area contributed by atoms with Gasteiger partial charge >= 0.3 is 0 Å². The maximum absolute atomic E-state index is 13.4. The highest BCUT2D eigenvalue weighted by Gasteiger charge is 2.14. The molecule has 0 spiro atoms. The molecule has 0 fully saturated rings. The smallest absolute Gasteiger partial charge is 0.205 e. The van der Waals surface area contributed by atoms with Crippen LogP contribution in [-0.2, 0) is 0 Å². The number of hydrogen-bond donors (Lipinski definition) is 1. The molecule has 2 aromatic carbocycles. The highest BCUT2D eigenvalue weighted by molar-refractivity contribution is 9.10. The van der Waals surface area contributed by atoms with Gasteiger partial charge in [0, 0.05) is 6.07 Å². The predicted octanol–water partition coefficient (Wildman–Crippen LogP) is 4.30. The van der Waals surface area contributed by atoms with Crippen molar-refractivity contribution in [2.24, 2.45) is 0 Å². The van der Waals surface area contributed by atoms with Crippen LogP contribution in [0.15, 0.2) is 34.8 Å². The Morgan fingerprint density at radius 1 is 1.15 bits per heavy atom. The molecule has 0 saturated carbocycles. The molecular weight excluding hydrogens is 352 g/mol. The van der Waals surface area contributed by atoms with E-state index in [-0.39, 0.29) is 16.8 Å². The fraction of sp³-hybridized carbons (Fsp3) is 0. The van der Waals surface area contributed by atoms with Gasteiger partial charge in [-0.05, 0) is 40.2 Å². The molecule has 0 aliphatic rings. The maximum atomic E-state index is 13.4. The summed E-state index contributed by atoms with van der Waals surface area (Å²) in [4.78, 5) is 4.08. The van der Waals surface area contributed by atoms with E-state index in [2.05, 4.69) is 20.9 Å². The third kappa shape index (κ3) is 2.05. The van der Waals surface area contributed by atoms with Gasteiger partial charge in [0.25, 0.3) is 0 Å². The van der Waals surface area contributed by atoms with Crippen LogP contribution in [0.25, 0.3) is 16.7 Å². The number of anilines is 1. The minimum absolute atomic E-state index is 0.0279. The van der Waals surface area contributed by atoms with E-state index in [1.807, 2.05) is 0 Å². The molecule has 0 radical (unpaired) electrons. The number of halogens is 4. The van der Waals surface area contributed by atoms with Crippen LogP contribution in [0.3, 0.4) is 0 Å². The fourth-order valence-corrected chi connectivity index (χ4v) is 2.51. The van der Waals surface area contributed by atoms with E-state index in [9.17, 15) is 8.78 Å². The van der Waals surface area contributed by atoms with Crippen LogP contribution in [0.4, 0.5) is 14.7 Å². The molecule has 3 nitrogen and oxygen atoms in total. The van der Waals surface area contributed by atoms with Crippen molar-refractivity contribution < 1.29 is 8.78 Å². The molecule has 3 aromatic rings. The molecule has 0 saturated heterocycles. The van der Waals surface area contributed by atoms with Crippen LogP contribution in [-0.4, -0.2) is 9.55 Å². The lowest BCUT2D eigenvalue weighted by molar-refractivity contribution is 0.620. The van der Waals surface area contributed by atoms with Crippen LogP contribution in [0.1, 0.15) is 0 Å². The van der Waals surface area contributed by atoms with Gasteiger partial charge in [0.2, 0.25) is 5.95 Å². The summed E-state index contributed by atoms with van der Waals surface area (Å²) in [5, 5.41) is -0.0279. The first-order valence-corrected chi connectivity index (χ1v) is 6.73. The van der Waals surface area contributed by atoms with Crippen molar-refractivity contribution in [3.05, 3.63) is 51.5 Å². The Bertz CT molecular complexity index is 832. The summed E-state index contributed by atoms with van der Waals surface area (Å²) in [6, 6.07) is 7.06. The summed E-state index contributed by atoms with van der Waals surface area (Å²) >= 11 is 8.90. The van der Waals surface area contributed by atoms with Gasteiger partial charge < -0.3 is 5.73 Å². The summed E-state index contributed by atoms with van der Waals surface area (Å²) in [6.07, 6.45) is 0. The van der Waals surface area contributed by atoms with Gasteiger partial charge in [-0.25, -0.2) is 13.8 Å². The Hall–Kier alpha value is -1.66. The first kappa shape index (κ1) is 13.3. The zero-order valence-electron chi connectivity index (χ0n) is 9.87. The van der Waals surface area contributed by atoms with Gasteiger partial charge in [-0.15, -0.1) is 0 Å². The molecule has 102 valence electrons. The van der Waals surface area contributed by atoms with Gasteiger partial charge in [-0.2, -0.15) is 0 Å². The quantitative estimate of drug-likeness (QED) is 0.705. The maximum Gasteiger partial charge on any atom is 0.205 e. The molecule has 0 atom stereocenters. The molecule has 0 bridgehead atoms. The predicted molar refractivity (Wildman–Crippen MR) is 78.1 cm³/mol. The largest absolute Gasteiger partial charge is 0.369 e. The Balaban J connectivity index is 2.32. The molecule has 0 aliphatic carbocycles. The third-order valence-corrected chi connectivity index (χ3v) is 3.78. The number of benzene rings is 2. The molecule has 0 amide bonds. The van der Waals surface area contributed by atoms with Crippen molar-refractivity contribution in [2.75, 3.05) is 5.73 Å². The van der Waals surface area contributed by atoms with E-state index < -0.39 is 5.82 Å². The fourth-order valence-electron chi connectivity index (χ4n) is 1.99. The Morgan fingerprint density at radius 2 is 1.90 bits per heavy atom. The van der Waals surface area contributed by atoms with Gasteiger partial charge in [0.15, 0.2) is 0 Å². The van der Waals surface area contributed by atoms with E-state index in [0.29, 0.717) is 21.2 Å². The van der Waals surface area contributed by atoms with Gasteiger partial charge in [-0.3, -0.25) is 4.57 Å². The van der Waals surface area contributed by atoms with Crippen molar-refractivity contribution in [1.82, 2.24) is 9.55 Å². The van der Waals surface area contributed by atoms with Gasteiger partial charge in [0.1, 0.15) is 11.6 Å². The number of aromatic nitrogens is 2.